The van der Waals surface area contributed by atoms with Gasteiger partial charge in [0.15, 0.2) is 0 Å². The molecule has 0 spiro atoms. The van der Waals surface area contributed by atoms with Gasteiger partial charge in [-0.25, -0.2) is 0 Å². The smallest absolute Gasteiger partial charge is 0.249 e. The predicted molar refractivity (Wildman–Crippen MR) is 105 cm³/mol. The van der Waals surface area contributed by atoms with Crippen molar-refractivity contribution in [3.05, 3.63) is 64.1 Å². The topological polar surface area (TPSA) is 32.7 Å². The number of fused-ring (bicyclic) bond motifs is 3. The van der Waals surface area contributed by atoms with E-state index in [1.165, 1.54) is 34.4 Å². The van der Waals surface area contributed by atoms with Gasteiger partial charge in [-0.2, -0.15) is 0 Å². The molecule has 1 aliphatic carbocycles. The van der Waals surface area contributed by atoms with Gasteiger partial charge in [0.1, 0.15) is 11.5 Å². The maximum absolute atomic E-state index is 12.7. The van der Waals surface area contributed by atoms with E-state index in [4.69, 9.17) is 4.99 Å². The van der Waals surface area contributed by atoms with Crippen molar-refractivity contribution < 1.29 is 4.79 Å². The van der Waals surface area contributed by atoms with Crippen LogP contribution in [0, 0.1) is 6.92 Å². The second-order valence-corrected chi connectivity index (χ2v) is 7.75. The Bertz CT molecular complexity index is 878. The van der Waals surface area contributed by atoms with Crippen LogP contribution < -0.4 is 4.90 Å². The molecule has 1 aliphatic heterocycles. The molecule has 128 valence electrons. The summed E-state index contributed by atoms with van der Waals surface area (Å²) in [7, 11) is 0. The van der Waals surface area contributed by atoms with Crippen molar-refractivity contribution in [2.24, 2.45) is 4.99 Å². The van der Waals surface area contributed by atoms with Crippen molar-refractivity contribution >= 4 is 28.0 Å². The van der Waals surface area contributed by atoms with E-state index in [-0.39, 0.29) is 12.5 Å². The number of carbonyl (C=O) groups excluding carboxylic acids is 1. The lowest BCUT2D eigenvalue weighted by Crippen LogP contribution is -2.31. The SMILES string of the molecule is C=CCN1C(=O)CN=C(c2ccccc2C)c2c1sc1c2CCCC1. The van der Waals surface area contributed by atoms with Gasteiger partial charge in [0.25, 0.3) is 0 Å². The summed E-state index contributed by atoms with van der Waals surface area (Å²) in [5, 5.41) is 1.07. The van der Waals surface area contributed by atoms with Gasteiger partial charge in [-0.05, 0) is 43.7 Å². The molecule has 0 saturated carbocycles. The summed E-state index contributed by atoms with van der Waals surface area (Å²) in [5.41, 5.74) is 5.95. The Labute approximate surface area is 152 Å². The largest absolute Gasteiger partial charge is 0.298 e. The maximum atomic E-state index is 12.7. The van der Waals surface area contributed by atoms with Crippen molar-refractivity contribution in [2.45, 2.75) is 32.6 Å². The Morgan fingerprint density at radius 1 is 1.28 bits per heavy atom. The summed E-state index contributed by atoms with van der Waals surface area (Å²) >= 11 is 1.78. The first-order valence-corrected chi connectivity index (χ1v) is 9.69. The Morgan fingerprint density at radius 2 is 2.08 bits per heavy atom. The van der Waals surface area contributed by atoms with Gasteiger partial charge in [-0.15, -0.1) is 17.9 Å². The highest BCUT2D eigenvalue weighted by Crippen LogP contribution is 2.42. The van der Waals surface area contributed by atoms with E-state index < -0.39 is 0 Å². The third kappa shape index (κ3) is 2.74. The highest BCUT2D eigenvalue weighted by Gasteiger charge is 2.32. The Hall–Kier alpha value is -2.20. The summed E-state index contributed by atoms with van der Waals surface area (Å²) in [6.45, 7) is 6.70. The van der Waals surface area contributed by atoms with Crippen LogP contribution in [0.4, 0.5) is 5.00 Å². The fourth-order valence-electron chi connectivity index (χ4n) is 3.78. The summed E-state index contributed by atoms with van der Waals surface area (Å²) in [4.78, 5) is 20.8. The van der Waals surface area contributed by atoms with Gasteiger partial charge in [-0.3, -0.25) is 14.7 Å². The van der Waals surface area contributed by atoms with Gasteiger partial charge in [0.2, 0.25) is 5.91 Å². The first-order chi connectivity index (χ1) is 12.2. The summed E-state index contributed by atoms with van der Waals surface area (Å²) in [5.74, 6) is 0.0586. The number of nitrogens with zero attached hydrogens (tertiary/aromatic N) is 2. The zero-order chi connectivity index (χ0) is 17.4. The Morgan fingerprint density at radius 3 is 2.88 bits per heavy atom. The molecular weight excluding hydrogens is 328 g/mol. The van der Waals surface area contributed by atoms with E-state index in [2.05, 4.69) is 37.8 Å². The molecule has 0 saturated heterocycles. The Kier molecular flexibility index (Phi) is 4.30. The van der Waals surface area contributed by atoms with Gasteiger partial charge >= 0.3 is 0 Å². The Balaban J connectivity index is 1.96. The van der Waals surface area contributed by atoms with Gasteiger partial charge < -0.3 is 0 Å². The molecule has 2 heterocycles. The maximum Gasteiger partial charge on any atom is 0.249 e. The molecule has 1 amide bonds. The molecule has 3 nitrogen and oxygen atoms in total. The number of hydrogen-bond acceptors (Lipinski definition) is 3. The van der Waals surface area contributed by atoms with Crippen LogP contribution in [0.15, 0.2) is 41.9 Å². The van der Waals surface area contributed by atoms with Gasteiger partial charge in [0.05, 0.1) is 5.71 Å². The monoisotopic (exact) mass is 350 g/mol. The molecule has 25 heavy (non-hydrogen) atoms. The standard InChI is InChI=1S/C21H22N2OS/c1-3-12-23-18(24)13-22-20(15-9-5-4-8-14(15)2)19-16-10-6-7-11-17(16)25-21(19)23/h3-5,8-9H,1,6-7,10-13H2,2H3. The number of hydrogen-bond donors (Lipinski definition) is 0. The number of thiophene rings is 1. The number of benzene rings is 1. The van der Waals surface area contributed by atoms with Crippen LogP contribution in [0.5, 0.6) is 0 Å². The summed E-state index contributed by atoms with van der Waals surface area (Å²) < 4.78 is 0. The van der Waals surface area contributed by atoms with E-state index in [1.807, 2.05) is 4.90 Å². The third-order valence-corrected chi connectivity index (χ3v) is 6.33. The van der Waals surface area contributed by atoms with Crippen molar-refractivity contribution in [1.82, 2.24) is 0 Å². The lowest BCUT2D eigenvalue weighted by Gasteiger charge is -2.19. The summed E-state index contributed by atoms with van der Waals surface area (Å²) in [6.07, 6.45) is 6.46. The number of aliphatic imine (C=N–C) groups is 1. The molecule has 0 N–H and O–H groups in total. The molecular formula is C21H22N2OS. The van der Waals surface area contributed by atoms with E-state index in [0.717, 1.165) is 29.1 Å². The van der Waals surface area contributed by atoms with Crippen LogP contribution in [0.3, 0.4) is 0 Å². The minimum Gasteiger partial charge on any atom is -0.298 e. The van der Waals surface area contributed by atoms with Crippen LogP contribution in [-0.4, -0.2) is 24.7 Å². The lowest BCUT2D eigenvalue weighted by molar-refractivity contribution is -0.117. The molecule has 1 aromatic carbocycles. The molecule has 4 heteroatoms. The number of anilines is 1. The zero-order valence-corrected chi connectivity index (χ0v) is 15.4. The second-order valence-electron chi connectivity index (χ2n) is 6.66. The molecule has 0 fully saturated rings. The van der Waals surface area contributed by atoms with Crippen LogP contribution in [-0.2, 0) is 17.6 Å². The highest BCUT2D eigenvalue weighted by atomic mass is 32.1. The first-order valence-electron chi connectivity index (χ1n) is 8.87. The van der Waals surface area contributed by atoms with Crippen LogP contribution in [0.25, 0.3) is 0 Å². The molecule has 0 bridgehead atoms. The fourth-order valence-corrected chi connectivity index (χ4v) is 5.20. The second kappa shape index (κ2) is 6.60. The summed E-state index contributed by atoms with van der Waals surface area (Å²) in [6, 6.07) is 8.34. The van der Waals surface area contributed by atoms with Crippen LogP contribution in [0.1, 0.15) is 40.0 Å². The fraction of sp³-hybridized carbons (Fsp3) is 0.333. The zero-order valence-electron chi connectivity index (χ0n) is 14.5. The van der Waals surface area contributed by atoms with Crippen molar-refractivity contribution in [3.63, 3.8) is 0 Å². The van der Waals surface area contributed by atoms with Crippen molar-refractivity contribution in [3.8, 4) is 0 Å². The predicted octanol–water partition coefficient (Wildman–Crippen LogP) is 4.31. The van der Waals surface area contributed by atoms with E-state index >= 15 is 0 Å². The van der Waals surface area contributed by atoms with Crippen LogP contribution in [0.2, 0.25) is 0 Å². The quantitative estimate of drug-likeness (QED) is 0.760. The van der Waals surface area contributed by atoms with Crippen molar-refractivity contribution in [1.29, 1.82) is 0 Å². The first kappa shape index (κ1) is 16.3. The molecule has 1 aromatic heterocycles. The van der Waals surface area contributed by atoms with Crippen molar-refractivity contribution in [2.75, 3.05) is 18.0 Å². The highest BCUT2D eigenvalue weighted by molar-refractivity contribution is 7.17. The molecule has 2 aliphatic rings. The molecule has 4 rings (SSSR count). The van der Waals surface area contributed by atoms with E-state index in [0.29, 0.717) is 6.54 Å². The number of carbonyl (C=O) groups is 1. The third-order valence-electron chi connectivity index (χ3n) is 5.02. The average molecular weight is 350 g/mol. The minimum absolute atomic E-state index is 0.0586. The number of aryl methyl sites for hydroxylation is 2. The molecule has 0 radical (unpaired) electrons. The van der Waals surface area contributed by atoms with Gasteiger partial charge in [-0.1, -0.05) is 30.3 Å². The normalized spacial score (nSPS) is 16.8. The molecule has 0 unspecified atom stereocenters. The van der Waals surface area contributed by atoms with Gasteiger partial charge in [0, 0.05) is 22.5 Å². The molecule has 0 atom stereocenters. The minimum atomic E-state index is 0.0586. The van der Waals surface area contributed by atoms with E-state index in [9.17, 15) is 4.79 Å². The lowest BCUT2D eigenvalue weighted by atomic mass is 9.90. The van der Waals surface area contributed by atoms with Crippen LogP contribution >= 0.6 is 11.3 Å². The van der Waals surface area contributed by atoms with E-state index in [1.54, 1.807) is 17.4 Å². The molecule has 2 aromatic rings. The number of rotatable bonds is 3. The number of amides is 1. The average Bonchev–Trinajstić information content (AvgIpc) is 2.94.